The Morgan fingerprint density at radius 2 is 1.67 bits per heavy atom. The van der Waals surface area contributed by atoms with Crippen molar-refractivity contribution < 1.29 is 23.1 Å². The van der Waals surface area contributed by atoms with Crippen molar-refractivity contribution in [3.8, 4) is 11.1 Å². The van der Waals surface area contributed by atoms with E-state index in [9.17, 15) is 18.0 Å². The lowest BCUT2D eigenvalue weighted by Gasteiger charge is -2.13. The van der Waals surface area contributed by atoms with Crippen LogP contribution in [0.4, 0.5) is 13.2 Å². The van der Waals surface area contributed by atoms with Gasteiger partial charge in [-0.1, -0.05) is 12.1 Å². The molecular weight excluding hydrogens is 319 g/mol. The summed E-state index contributed by atoms with van der Waals surface area (Å²) in [6.45, 7) is 1.91. The summed E-state index contributed by atoms with van der Waals surface area (Å²) in [5.41, 5.74) is 1.06. The average molecular weight is 337 g/mol. The molecule has 3 nitrogen and oxygen atoms in total. The molecule has 128 valence electrons. The van der Waals surface area contributed by atoms with Crippen LogP contribution in [0.25, 0.3) is 11.1 Å². The number of nitrogens with one attached hydrogen (secondary N) is 1. The molecular formula is C18H18F3NO2. The molecule has 2 aromatic carbocycles. The lowest BCUT2D eigenvalue weighted by molar-refractivity contribution is 0.0936. The molecule has 0 heterocycles. The van der Waals surface area contributed by atoms with Crippen molar-refractivity contribution in [3.05, 3.63) is 59.4 Å². The molecule has 0 saturated carbocycles. The van der Waals surface area contributed by atoms with Gasteiger partial charge in [0.25, 0.3) is 5.91 Å². The molecule has 1 amide bonds. The van der Waals surface area contributed by atoms with Crippen LogP contribution in [0, 0.1) is 17.5 Å². The first-order chi connectivity index (χ1) is 11.4. The minimum atomic E-state index is -1.51. The Bertz CT molecular complexity index is 694. The molecule has 24 heavy (non-hydrogen) atoms. The lowest BCUT2D eigenvalue weighted by Crippen LogP contribution is -2.32. The fraction of sp³-hybridized carbons (Fsp3) is 0.278. The van der Waals surface area contributed by atoms with Crippen LogP contribution in [-0.2, 0) is 0 Å². The van der Waals surface area contributed by atoms with Crippen LogP contribution in [0.3, 0.4) is 0 Å². The van der Waals surface area contributed by atoms with Crippen molar-refractivity contribution in [2.45, 2.75) is 25.8 Å². The molecule has 0 spiro atoms. The maximum Gasteiger partial charge on any atom is 0.251 e. The first-order valence-electron chi connectivity index (χ1n) is 7.59. The maximum absolute atomic E-state index is 13.3. The normalized spacial score (nSPS) is 12.0. The van der Waals surface area contributed by atoms with Gasteiger partial charge in [0.2, 0.25) is 0 Å². The van der Waals surface area contributed by atoms with Crippen LogP contribution in [0.2, 0.25) is 0 Å². The zero-order chi connectivity index (χ0) is 17.7. The minimum absolute atomic E-state index is 0.0691. The number of rotatable bonds is 6. The zero-order valence-electron chi connectivity index (χ0n) is 13.2. The second-order valence-electron chi connectivity index (χ2n) is 5.57. The van der Waals surface area contributed by atoms with E-state index in [0.29, 0.717) is 24.0 Å². The molecule has 2 rings (SSSR count). The predicted octanol–water partition coefficient (Wildman–Crippen LogP) is 3.66. The van der Waals surface area contributed by atoms with E-state index >= 15 is 0 Å². The molecule has 2 aromatic rings. The Balaban J connectivity index is 2.12. The third kappa shape index (κ3) is 4.35. The molecule has 1 atom stereocenters. The fourth-order valence-corrected chi connectivity index (χ4v) is 2.31. The number of carbonyl (C=O) groups is 1. The molecule has 0 aliphatic carbocycles. The highest BCUT2D eigenvalue weighted by atomic mass is 19.2. The first-order valence-corrected chi connectivity index (χ1v) is 7.59. The standard InChI is InChI=1S/C18H18F3NO2/c1-11(3-2-8-23)22-18(24)13-6-4-12(5-7-13)14-9-15(19)17(21)16(20)10-14/h4-7,9-11,23H,2-3,8H2,1H3,(H,22,24). The van der Waals surface area contributed by atoms with E-state index < -0.39 is 17.5 Å². The van der Waals surface area contributed by atoms with E-state index in [2.05, 4.69) is 5.32 Å². The Hall–Kier alpha value is -2.34. The largest absolute Gasteiger partial charge is 0.396 e. The van der Waals surface area contributed by atoms with Gasteiger partial charge in [-0.2, -0.15) is 0 Å². The van der Waals surface area contributed by atoms with Crippen molar-refractivity contribution >= 4 is 5.91 Å². The molecule has 0 bridgehead atoms. The van der Waals surface area contributed by atoms with Gasteiger partial charge < -0.3 is 10.4 Å². The number of benzene rings is 2. The summed E-state index contributed by atoms with van der Waals surface area (Å²) >= 11 is 0. The minimum Gasteiger partial charge on any atom is -0.396 e. The molecule has 0 saturated heterocycles. The van der Waals surface area contributed by atoms with E-state index in [1.54, 1.807) is 12.1 Å². The van der Waals surface area contributed by atoms with Gasteiger partial charge in [-0.15, -0.1) is 0 Å². The van der Waals surface area contributed by atoms with Gasteiger partial charge in [0.05, 0.1) is 0 Å². The average Bonchev–Trinajstić information content (AvgIpc) is 2.57. The van der Waals surface area contributed by atoms with Gasteiger partial charge in [0, 0.05) is 18.2 Å². The summed E-state index contributed by atoms with van der Waals surface area (Å²) in [5, 5.41) is 11.6. The van der Waals surface area contributed by atoms with E-state index in [-0.39, 0.29) is 24.1 Å². The van der Waals surface area contributed by atoms with E-state index in [0.717, 1.165) is 12.1 Å². The Morgan fingerprint density at radius 1 is 1.08 bits per heavy atom. The van der Waals surface area contributed by atoms with Crippen LogP contribution in [0.15, 0.2) is 36.4 Å². The van der Waals surface area contributed by atoms with E-state index in [4.69, 9.17) is 5.11 Å². The summed E-state index contributed by atoms with van der Waals surface area (Å²) < 4.78 is 39.6. The number of amides is 1. The fourth-order valence-electron chi connectivity index (χ4n) is 2.31. The number of hydrogen-bond donors (Lipinski definition) is 2. The van der Waals surface area contributed by atoms with E-state index in [1.165, 1.54) is 12.1 Å². The van der Waals surface area contributed by atoms with Crippen molar-refractivity contribution in [2.24, 2.45) is 0 Å². The van der Waals surface area contributed by atoms with Crippen molar-refractivity contribution in [3.63, 3.8) is 0 Å². The maximum atomic E-state index is 13.3. The molecule has 0 aromatic heterocycles. The Kier molecular flexibility index (Phi) is 5.98. The van der Waals surface area contributed by atoms with Gasteiger partial charge in [-0.05, 0) is 55.2 Å². The Morgan fingerprint density at radius 3 is 2.21 bits per heavy atom. The number of aliphatic hydroxyl groups excluding tert-OH is 1. The third-order valence-electron chi connectivity index (χ3n) is 3.64. The summed E-state index contributed by atoms with van der Waals surface area (Å²) in [7, 11) is 0. The molecule has 0 fully saturated rings. The molecule has 2 N–H and O–H groups in total. The van der Waals surface area contributed by atoms with Gasteiger partial charge in [0.1, 0.15) is 0 Å². The molecule has 0 radical (unpaired) electrons. The SMILES string of the molecule is CC(CCCO)NC(=O)c1ccc(-c2cc(F)c(F)c(F)c2)cc1. The summed E-state index contributed by atoms with van der Waals surface area (Å²) in [6.07, 6.45) is 1.26. The van der Waals surface area contributed by atoms with Gasteiger partial charge >= 0.3 is 0 Å². The topological polar surface area (TPSA) is 49.3 Å². The molecule has 1 unspecified atom stereocenters. The third-order valence-corrected chi connectivity index (χ3v) is 3.64. The van der Waals surface area contributed by atoms with Crippen LogP contribution < -0.4 is 5.32 Å². The number of halogens is 3. The molecule has 0 aliphatic heterocycles. The van der Waals surface area contributed by atoms with Crippen LogP contribution in [0.5, 0.6) is 0 Å². The van der Waals surface area contributed by atoms with Crippen LogP contribution in [0.1, 0.15) is 30.1 Å². The van der Waals surface area contributed by atoms with Crippen LogP contribution in [-0.4, -0.2) is 23.7 Å². The predicted molar refractivity (Wildman–Crippen MR) is 85.0 cm³/mol. The van der Waals surface area contributed by atoms with Gasteiger partial charge in [-0.25, -0.2) is 13.2 Å². The molecule has 6 heteroatoms. The number of aliphatic hydroxyl groups is 1. The van der Waals surface area contributed by atoms with Crippen LogP contribution >= 0.6 is 0 Å². The lowest BCUT2D eigenvalue weighted by atomic mass is 10.0. The summed E-state index contributed by atoms with van der Waals surface area (Å²) in [6, 6.07) is 7.88. The highest BCUT2D eigenvalue weighted by Crippen LogP contribution is 2.24. The van der Waals surface area contributed by atoms with Crippen molar-refractivity contribution in [1.82, 2.24) is 5.32 Å². The smallest absolute Gasteiger partial charge is 0.251 e. The van der Waals surface area contributed by atoms with Gasteiger partial charge in [0.15, 0.2) is 17.5 Å². The van der Waals surface area contributed by atoms with Gasteiger partial charge in [-0.3, -0.25) is 4.79 Å². The van der Waals surface area contributed by atoms with E-state index in [1.807, 2.05) is 6.92 Å². The second kappa shape index (κ2) is 7.97. The number of hydrogen-bond acceptors (Lipinski definition) is 2. The first kappa shape index (κ1) is 18.0. The Labute approximate surface area is 138 Å². The quantitative estimate of drug-likeness (QED) is 0.791. The monoisotopic (exact) mass is 337 g/mol. The highest BCUT2D eigenvalue weighted by molar-refractivity contribution is 5.94. The highest BCUT2D eigenvalue weighted by Gasteiger charge is 2.13. The van der Waals surface area contributed by atoms with Crippen molar-refractivity contribution in [1.29, 1.82) is 0 Å². The summed E-state index contributed by atoms with van der Waals surface area (Å²) in [5.74, 6) is -4.30. The second-order valence-corrected chi connectivity index (χ2v) is 5.57. The number of carbonyl (C=O) groups excluding carboxylic acids is 1. The zero-order valence-corrected chi connectivity index (χ0v) is 13.2. The van der Waals surface area contributed by atoms with Crippen molar-refractivity contribution in [2.75, 3.05) is 6.61 Å². The molecule has 0 aliphatic rings. The summed E-state index contributed by atoms with van der Waals surface area (Å²) in [4.78, 5) is 12.1.